The second kappa shape index (κ2) is 4.28. The molecule has 0 aromatic heterocycles. The monoisotopic (exact) mass is 212 g/mol. The summed E-state index contributed by atoms with van der Waals surface area (Å²) in [5.74, 6) is -1.94. The van der Waals surface area contributed by atoms with E-state index < -0.39 is 12.0 Å². The van der Waals surface area contributed by atoms with Crippen molar-refractivity contribution in [1.29, 1.82) is 0 Å². The fourth-order valence-electron chi connectivity index (χ4n) is 1.10. The summed E-state index contributed by atoms with van der Waals surface area (Å²) < 4.78 is 30.7. The van der Waals surface area contributed by atoms with Gasteiger partial charge in [-0.3, -0.25) is 0 Å². The highest BCUT2D eigenvalue weighted by molar-refractivity contribution is 5.32. The molecule has 0 fully saturated rings. The number of terminal acetylenes is 1. The summed E-state index contributed by atoms with van der Waals surface area (Å²) in [6, 6.07) is 5.77. The first-order valence-corrected chi connectivity index (χ1v) is 4.19. The minimum Gasteiger partial charge on any atom is -0.497 e. The second-order valence-electron chi connectivity index (χ2n) is 2.95. The molecule has 1 unspecified atom stereocenters. The molecule has 0 aliphatic heterocycles. The van der Waals surface area contributed by atoms with Crippen LogP contribution in [0.5, 0.6) is 5.75 Å². The van der Waals surface area contributed by atoms with Gasteiger partial charge in [-0.1, -0.05) is 12.1 Å². The molecular formula is C11H10F2O2. The zero-order chi connectivity index (χ0) is 11.5. The van der Waals surface area contributed by atoms with Gasteiger partial charge in [0.1, 0.15) is 5.75 Å². The number of ether oxygens (including phenoxy) is 1. The molecule has 1 N–H and O–H groups in total. The maximum absolute atomic E-state index is 12.9. The highest BCUT2D eigenvalue weighted by Gasteiger charge is 2.37. The Bertz CT molecular complexity index is 382. The molecule has 0 saturated carbocycles. The summed E-state index contributed by atoms with van der Waals surface area (Å²) in [4.78, 5) is 0. The van der Waals surface area contributed by atoms with Gasteiger partial charge in [-0.15, -0.1) is 6.42 Å². The summed E-state index contributed by atoms with van der Waals surface area (Å²) in [6.45, 7) is 0. The molecular weight excluding hydrogens is 202 g/mol. The molecule has 15 heavy (non-hydrogen) atoms. The Labute approximate surface area is 86.5 Å². The van der Waals surface area contributed by atoms with Crippen LogP contribution in [0.4, 0.5) is 8.78 Å². The van der Waals surface area contributed by atoms with Crippen LogP contribution < -0.4 is 4.74 Å². The van der Waals surface area contributed by atoms with Crippen molar-refractivity contribution < 1.29 is 18.6 Å². The molecule has 0 bridgehead atoms. The Morgan fingerprint density at radius 3 is 2.73 bits per heavy atom. The fourth-order valence-corrected chi connectivity index (χ4v) is 1.10. The van der Waals surface area contributed by atoms with Crippen LogP contribution in [0, 0.1) is 12.3 Å². The first kappa shape index (κ1) is 11.5. The number of benzene rings is 1. The van der Waals surface area contributed by atoms with Crippen molar-refractivity contribution in [1.82, 2.24) is 0 Å². The summed E-state index contributed by atoms with van der Waals surface area (Å²) in [5, 5.41) is 9.32. The molecule has 0 heterocycles. The van der Waals surface area contributed by atoms with Gasteiger partial charge in [-0.25, -0.2) is 0 Å². The first-order chi connectivity index (χ1) is 7.01. The molecule has 0 spiro atoms. The van der Waals surface area contributed by atoms with Crippen molar-refractivity contribution in [3.63, 3.8) is 0 Å². The molecule has 1 aromatic rings. The van der Waals surface area contributed by atoms with Gasteiger partial charge in [0.2, 0.25) is 0 Å². The van der Waals surface area contributed by atoms with Crippen LogP contribution in [0.1, 0.15) is 11.7 Å². The van der Waals surface area contributed by atoms with Crippen molar-refractivity contribution >= 4 is 0 Å². The van der Waals surface area contributed by atoms with Gasteiger partial charge in [-0.2, -0.15) is 8.78 Å². The van der Waals surface area contributed by atoms with Gasteiger partial charge in [0.05, 0.1) is 7.11 Å². The zero-order valence-electron chi connectivity index (χ0n) is 8.08. The van der Waals surface area contributed by atoms with Crippen LogP contribution in [0.25, 0.3) is 0 Å². The molecule has 0 amide bonds. The van der Waals surface area contributed by atoms with Gasteiger partial charge < -0.3 is 9.84 Å². The predicted molar refractivity (Wildman–Crippen MR) is 51.7 cm³/mol. The van der Waals surface area contributed by atoms with Gasteiger partial charge >= 0.3 is 5.92 Å². The van der Waals surface area contributed by atoms with Crippen LogP contribution in [-0.2, 0) is 0 Å². The van der Waals surface area contributed by atoms with Crippen molar-refractivity contribution in [3.8, 4) is 18.1 Å². The number of rotatable bonds is 3. The molecule has 1 atom stereocenters. The Morgan fingerprint density at radius 2 is 2.20 bits per heavy atom. The quantitative estimate of drug-likeness (QED) is 0.776. The lowest BCUT2D eigenvalue weighted by molar-refractivity contribution is -0.0635. The lowest BCUT2D eigenvalue weighted by atomic mass is 10.0. The smallest absolute Gasteiger partial charge is 0.337 e. The Morgan fingerprint density at radius 1 is 1.53 bits per heavy atom. The number of methoxy groups -OCH3 is 1. The number of aliphatic hydroxyl groups is 1. The average molecular weight is 212 g/mol. The lowest BCUT2D eigenvalue weighted by Gasteiger charge is -2.17. The van der Waals surface area contributed by atoms with Crippen molar-refractivity contribution in [2.24, 2.45) is 0 Å². The van der Waals surface area contributed by atoms with Crippen molar-refractivity contribution in [2.45, 2.75) is 12.0 Å². The SMILES string of the molecule is C#CC(F)(F)C(O)c1cccc(OC)c1. The Balaban J connectivity index is 3.02. The minimum absolute atomic E-state index is 0.0253. The Hall–Kier alpha value is -1.60. The highest BCUT2D eigenvalue weighted by Crippen LogP contribution is 2.31. The maximum Gasteiger partial charge on any atom is 0.337 e. The van der Waals surface area contributed by atoms with Crippen molar-refractivity contribution in [2.75, 3.05) is 7.11 Å². The summed E-state index contributed by atoms with van der Waals surface area (Å²) in [7, 11) is 1.41. The van der Waals surface area contributed by atoms with Crippen LogP contribution in [-0.4, -0.2) is 18.1 Å². The predicted octanol–water partition coefficient (Wildman–Crippen LogP) is 2.00. The number of hydrogen-bond donors (Lipinski definition) is 1. The summed E-state index contributed by atoms with van der Waals surface area (Å²) in [5.41, 5.74) is 0.0253. The van der Waals surface area contributed by atoms with Crippen molar-refractivity contribution in [3.05, 3.63) is 29.8 Å². The molecule has 1 aromatic carbocycles. The van der Waals surface area contributed by atoms with E-state index in [0.29, 0.717) is 5.75 Å². The van der Waals surface area contributed by atoms with E-state index in [9.17, 15) is 13.9 Å². The van der Waals surface area contributed by atoms with E-state index in [0.717, 1.165) is 0 Å². The van der Waals surface area contributed by atoms with E-state index >= 15 is 0 Å². The largest absolute Gasteiger partial charge is 0.497 e. The fraction of sp³-hybridized carbons (Fsp3) is 0.273. The van der Waals surface area contributed by atoms with Crippen LogP contribution in [0.2, 0.25) is 0 Å². The number of hydrogen-bond acceptors (Lipinski definition) is 2. The van der Waals surface area contributed by atoms with Gasteiger partial charge in [0, 0.05) is 0 Å². The number of halogens is 2. The third-order valence-electron chi connectivity index (χ3n) is 1.95. The van der Waals surface area contributed by atoms with Gasteiger partial charge in [0.15, 0.2) is 6.10 Å². The molecule has 0 aliphatic carbocycles. The Kier molecular flexibility index (Phi) is 3.28. The zero-order valence-corrected chi connectivity index (χ0v) is 8.08. The lowest BCUT2D eigenvalue weighted by Crippen LogP contribution is -2.23. The molecule has 2 nitrogen and oxygen atoms in total. The summed E-state index contributed by atoms with van der Waals surface area (Å²) >= 11 is 0. The third-order valence-corrected chi connectivity index (χ3v) is 1.95. The van der Waals surface area contributed by atoms with E-state index in [2.05, 4.69) is 6.42 Å². The number of alkyl halides is 2. The topological polar surface area (TPSA) is 29.5 Å². The van der Waals surface area contributed by atoms with E-state index in [-0.39, 0.29) is 5.56 Å². The van der Waals surface area contributed by atoms with E-state index in [1.165, 1.54) is 31.2 Å². The van der Waals surface area contributed by atoms with Gasteiger partial charge in [-0.05, 0) is 23.6 Å². The molecule has 0 saturated heterocycles. The molecule has 80 valence electrons. The van der Waals surface area contributed by atoms with Gasteiger partial charge in [0.25, 0.3) is 0 Å². The summed E-state index contributed by atoms with van der Waals surface area (Å²) in [6.07, 6.45) is 2.61. The normalized spacial score (nSPS) is 13.0. The molecule has 4 heteroatoms. The number of aliphatic hydroxyl groups excluding tert-OH is 1. The third kappa shape index (κ3) is 2.45. The molecule has 1 rings (SSSR count). The van der Waals surface area contributed by atoms with Crippen LogP contribution in [0.15, 0.2) is 24.3 Å². The molecule has 0 radical (unpaired) electrons. The van der Waals surface area contributed by atoms with E-state index in [1.54, 1.807) is 6.07 Å². The highest BCUT2D eigenvalue weighted by atomic mass is 19.3. The average Bonchev–Trinajstić information content (AvgIpc) is 2.28. The first-order valence-electron chi connectivity index (χ1n) is 4.19. The maximum atomic E-state index is 12.9. The molecule has 0 aliphatic rings. The van der Waals surface area contributed by atoms with E-state index in [1.807, 2.05) is 0 Å². The standard InChI is InChI=1S/C11H10F2O2/c1-3-11(12,13)10(14)8-5-4-6-9(7-8)15-2/h1,4-7,10,14H,2H3. The second-order valence-corrected chi connectivity index (χ2v) is 2.95. The van der Waals surface area contributed by atoms with Crippen LogP contribution >= 0.6 is 0 Å². The van der Waals surface area contributed by atoms with E-state index in [4.69, 9.17) is 4.74 Å². The minimum atomic E-state index is -3.58. The van der Waals surface area contributed by atoms with Crippen LogP contribution in [0.3, 0.4) is 0 Å².